The number of H-pyrrole nitrogens is 1. The van der Waals surface area contributed by atoms with Gasteiger partial charge in [-0.1, -0.05) is 11.6 Å². The summed E-state index contributed by atoms with van der Waals surface area (Å²) in [6, 6.07) is 7.01. The summed E-state index contributed by atoms with van der Waals surface area (Å²) in [4.78, 5) is 26.3. The molecule has 1 aromatic heterocycles. The van der Waals surface area contributed by atoms with Crippen LogP contribution in [-0.4, -0.2) is 16.7 Å². The van der Waals surface area contributed by atoms with Crippen molar-refractivity contribution in [1.29, 1.82) is 0 Å². The molecule has 0 atom stereocenters. The van der Waals surface area contributed by atoms with Gasteiger partial charge in [-0.2, -0.15) is 13.2 Å². The maximum Gasteiger partial charge on any atom is 0.416 e. The third-order valence-electron chi connectivity index (χ3n) is 3.61. The van der Waals surface area contributed by atoms with E-state index in [1.165, 1.54) is 25.3 Å². The number of methoxy groups -OCH3 is 1. The lowest BCUT2D eigenvalue weighted by Gasteiger charge is -2.14. The minimum atomic E-state index is -4.62. The zero-order chi connectivity index (χ0) is 18.4. The summed E-state index contributed by atoms with van der Waals surface area (Å²) < 4.78 is 44.9. The van der Waals surface area contributed by atoms with E-state index in [1.807, 2.05) is 4.98 Å². The molecule has 130 valence electrons. The van der Waals surface area contributed by atoms with Crippen LogP contribution in [0.25, 0.3) is 16.6 Å². The van der Waals surface area contributed by atoms with Gasteiger partial charge in [0.15, 0.2) is 0 Å². The average Bonchev–Trinajstić information content (AvgIpc) is 2.54. The Labute approximate surface area is 143 Å². The summed E-state index contributed by atoms with van der Waals surface area (Å²) in [7, 11) is 1.37. The van der Waals surface area contributed by atoms with Crippen molar-refractivity contribution in [3.8, 4) is 11.4 Å². The number of ether oxygens (including phenoxy) is 1. The smallest absolute Gasteiger partial charge is 0.416 e. The second-order valence-corrected chi connectivity index (χ2v) is 5.58. The molecule has 0 unspecified atom stereocenters. The number of halogens is 4. The SMILES string of the molecule is COc1ccc(Cl)cc1-n1c(=O)[nH]c(=O)c2cc(C(F)(F)F)ccc21. The monoisotopic (exact) mass is 370 g/mol. The molecule has 0 radical (unpaired) electrons. The number of alkyl halides is 3. The van der Waals surface area contributed by atoms with E-state index in [0.717, 1.165) is 16.7 Å². The predicted molar refractivity (Wildman–Crippen MR) is 86.7 cm³/mol. The highest BCUT2D eigenvalue weighted by Crippen LogP contribution is 2.32. The lowest BCUT2D eigenvalue weighted by Crippen LogP contribution is -2.29. The quantitative estimate of drug-likeness (QED) is 0.752. The van der Waals surface area contributed by atoms with E-state index in [1.54, 1.807) is 0 Å². The van der Waals surface area contributed by atoms with Crippen molar-refractivity contribution in [2.24, 2.45) is 0 Å². The molecular weight excluding hydrogens is 361 g/mol. The summed E-state index contributed by atoms with van der Waals surface area (Å²) >= 11 is 5.95. The number of hydrogen-bond donors (Lipinski definition) is 1. The molecule has 0 saturated heterocycles. The van der Waals surface area contributed by atoms with Crippen LogP contribution in [0.1, 0.15) is 5.56 Å². The molecule has 9 heteroatoms. The highest BCUT2D eigenvalue weighted by atomic mass is 35.5. The summed E-state index contributed by atoms with van der Waals surface area (Å²) in [5.74, 6) is 0.264. The summed E-state index contributed by atoms with van der Waals surface area (Å²) in [6.45, 7) is 0. The van der Waals surface area contributed by atoms with Gasteiger partial charge in [0.25, 0.3) is 5.56 Å². The highest BCUT2D eigenvalue weighted by Gasteiger charge is 2.31. The first-order valence-electron chi connectivity index (χ1n) is 6.92. The molecule has 3 aromatic rings. The van der Waals surface area contributed by atoms with Gasteiger partial charge in [-0.15, -0.1) is 0 Å². The normalized spacial score (nSPS) is 11.7. The van der Waals surface area contributed by atoms with Gasteiger partial charge < -0.3 is 4.74 Å². The standard InChI is InChI=1S/C16H10ClF3N2O3/c1-25-13-5-3-9(17)7-12(13)22-11-4-2-8(16(18,19)20)6-10(11)14(23)21-15(22)24/h2-7H,1H3,(H,21,23,24). The predicted octanol–water partition coefficient (Wildman–Crippen LogP) is 3.36. The van der Waals surface area contributed by atoms with E-state index in [-0.39, 0.29) is 27.4 Å². The summed E-state index contributed by atoms with van der Waals surface area (Å²) in [6.07, 6.45) is -4.62. The van der Waals surface area contributed by atoms with Crippen LogP contribution in [0.15, 0.2) is 46.0 Å². The molecule has 0 saturated carbocycles. The van der Waals surface area contributed by atoms with Gasteiger partial charge in [0, 0.05) is 5.02 Å². The molecule has 3 rings (SSSR count). The zero-order valence-electron chi connectivity index (χ0n) is 12.6. The number of rotatable bonds is 2. The number of nitrogens with zero attached hydrogens (tertiary/aromatic N) is 1. The fraction of sp³-hybridized carbons (Fsp3) is 0.125. The van der Waals surface area contributed by atoms with Gasteiger partial charge in [-0.25, -0.2) is 4.79 Å². The Bertz CT molecular complexity index is 1090. The average molecular weight is 371 g/mol. The van der Waals surface area contributed by atoms with Crippen LogP contribution < -0.4 is 16.0 Å². The van der Waals surface area contributed by atoms with Crippen LogP contribution in [0.2, 0.25) is 5.02 Å². The van der Waals surface area contributed by atoms with Crippen LogP contribution in [0.5, 0.6) is 5.75 Å². The molecule has 0 aliphatic heterocycles. The van der Waals surface area contributed by atoms with Crippen LogP contribution in [0.3, 0.4) is 0 Å². The second kappa shape index (κ2) is 5.96. The Morgan fingerprint density at radius 1 is 1.12 bits per heavy atom. The molecular formula is C16H10ClF3N2O3. The largest absolute Gasteiger partial charge is 0.495 e. The van der Waals surface area contributed by atoms with Crippen LogP contribution >= 0.6 is 11.6 Å². The van der Waals surface area contributed by atoms with E-state index < -0.39 is 23.0 Å². The number of hydrogen-bond acceptors (Lipinski definition) is 3. The van der Waals surface area contributed by atoms with Crippen molar-refractivity contribution in [2.45, 2.75) is 6.18 Å². The molecule has 0 amide bonds. The number of aromatic amines is 1. The highest BCUT2D eigenvalue weighted by molar-refractivity contribution is 6.30. The van der Waals surface area contributed by atoms with E-state index in [9.17, 15) is 22.8 Å². The van der Waals surface area contributed by atoms with E-state index >= 15 is 0 Å². The zero-order valence-corrected chi connectivity index (χ0v) is 13.4. The molecule has 0 bridgehead atoms. The van der Waals surface area contributed by atoms with Crippen LogP contribution in [0.4, 0.5) is 13.2 Å². The van der Waals surface area contributed by atoms with Crippen molar-refractivity contribution >= 4 is 22.5 Å². The molecule has 5 nitrogen and oxygen atoms in total. The minimum Gasteiger partial charge on any atom is -0.495 e. The molecule has 25 heavy (non-hydrogen) atoms. The van der Waals surface area contributed by atoms with Gasteiger partial charge in [-0.05, 0) is 36.4 Å². The second-order valence-electron chi connectivity index (χ2n) is 5.14. The van der Waals surface area contributed by atoms with E-state index in [2.05, 4.69) is 0 Å². The van der Waals surface area contributed by atoms with Gasteiger partial charge in [0.05, 0.1) is 29.3 Å². The fourth-order valence-corrected chi connectivity index (χ4v) is 2.66. The van der Waals surface area contributed by atoms with Crippen molar-refractivity contribution in [1.82, 2.24) is 9.55 Å². The van der Waals surface area contributed by atoms with Gasteiger partial charge in [0.2, 0.25) is 0 Å². The molecule has 1 N–H and O–H groups in total. The first-order valence-corrected chi connectivity index (χ1v) is 7.30. The van der Waals surface area contributed by atoms with E-state index in [0.29, 0.717) is 6.07 Å². The van der Waals surface area contributed by atoms with Crippen molar-refractivity contribution in [3.63, 3.8) is 0 Å². The molecule has 0 fully saturated rings. The Balaban J connectivity index is 2.43. The maximum absolute atomic E-state index is 12.9. The lowest BCUT2D eigenvalue weighted by atomic mass is 10.1. The summed E-state index contributed by atoms with van der Waals surface area (Å²) in [5, 5.41) is 0.00501. The number of nitrogens with one attached hydrogen (secondary N) is 1. The van der Waals surface area contributed by atoms with Crippen LogP contribution in [-0.2, 0) is 6.18 Å². The fourth-order valence-electron chi connectivity index (χ4n) is 2.50. The van der Waals surface area contributed by atoms with Crippen LogP contribution in [0, 0.1) is 0 Å². The molecule has 0 spiro atoms. The topological polar surface area (TPSA) is 64.1 Å². The first kappa shape index (κ1) is 17.1. The third-order valence-corrected chi connectivity index (χ3v) is 3.85. The van der Waals surface area contributed by atoms with E-state index in [4.69, 9.17) is 16.3 Å². The molecule has 0 aliphatic rings. The molecule has 2 aromatic carbocycles. The number of fused-ring (bicyclic) bond motifs is 1. The lowest BCUT2D eigenvalue weighted by molar-refractivity contribution is -0.137. The Hall–Kier alpha value is -2.74. The Morgan fingerprint density at radius 2 is 1.84 bits per heavy atom. The summed E-state index contributed by atoms with van der Waals surface area (Å²) in [5.41, 5.74) is -2.53. The molecule has 1 heterocycles. The number of aromatic nitrogens is 2. The minimum absolute atomic E-state index is 0.00215. The van der Waals surface area contributed by atoms with Crippen molar-refractivity contribution in [2.75, 3.05) is 7.11 Å². The maximum atomic E-state index is 12.9. The van der Waals surface area contributed by atoms with Gasteiger partial charge in [-0.3, -0.25) is 14.3 Å². The van der Waals surface area contributed by atoms with Crippen molar-refractivity contribution < 1.29 is 17.9 Å². The van der Waals surface area contributed by atoms with Gasteiger partial charge in [0.1, 0.15) is 5.75 Å². The molecule has 0 aliphatic carbocycles. The Morgan fingerprint density at radius 3 is 2.48 bits per heavy atom. The third kappa shape index (κ3) is 3.00. The van der Waals surface area contributed by atoms with Crippen molar-refractivity contribution in [3.05, 3.63) is 67.8 Å². The first-order chi connectivity index (χ1) is 11.7. The Kier molecular flexibility index (Phi) is 4.08. The number of benzene rings is 2. The van der Waals surface area contributed by atoms with Gasteiger partial charge >= 0.3 is 11.9 Å².